The standard InChI is InChI=1S/C25H19BrN4O4S2/c26-19-8-6-17(7-9-19)16-22(29-23(31)18-4-2-1-3-5-18)24(32)28-20-10-12-21(13-11-20)36(33,34)30-25-27-14-15-35-25/h1-16H,(H,27,30)(H,28,32)(H,29,31). The Morgan fingerprint density at radius 3 is 2.25 bits per heavy atom. The van der Waals surface area contributed by atoms with Crippen LogP contribution in [-0.4, -0.2) is 25.2 Å². The maximum atomic E-state index is 13.1. The highest BCUT2D eigenvalue weighted by Gasteiger charge is 2.17. The zero-order chi connectivity index (χ0) is 25.5. The normalized spacial score (nSPS) is 11.5. The summed E-state index contributed by atoms with van der Waals surface area (Å²) in [4.78, 5) is 29.8. The maximum Gasteiger partial charge on any atom is 0.272 e. The van der Waals surface area contributed by atoms with Crippen molar-refractivity contribution < 1.29 is 18.0 Å². The van der Waals surface area contributed by atoms with E-state index in [0.717, 1.165) is 15.8 Å². The van der Waals surface area contributed by atoms with E-state index in [1.54, 1.807) is 53.9 Å². The number of nitrogens with zero attached hydrogens (tertiary/aromatic N) is 1. The second-order valence-corrected chi connectivity index (χ2v) is 10.8. The third-order valence-corrected chi connectivity index (χ3v) is 7.49. The molecule has 0 atom stereocenters. The van der Waals surface area contributed by atoms with Crippen LogP contribution in [0.25, 0.3) is 6.08 Å². The largest absolute Gasteiger partial charge is 0.321 e. The monoisotopic (exact) mass is 582 g/mol. The number of anilines is 2. The third-order valence-electron chi connectivity index (χ3n) is 4.79. The molecule has 0 aliphatic carbocycles. The van der Waals surface area contributed by atoms with Gasteiger partial charge in [0.1, 0.15) is 5.70 Å². The lowest BCUT2D eigenvalue weighted by Gasteiger charge is -2.12. The van der Waals surface area contributed by atoms with Crippen molar-refractivity contribution in [2.24, 2.45) is 0 Å². The van der Waals surface area contributed by atoms with Crippen LogP contribution in [0.4, 0.5) is 10.8 Å². The molecule has 182 valence electrons. The van der Waals surface area contributed by atoms with Gasteiger partial charge in [0.2, 0.25) is 0 Å². The number of sulfonamides is 1. The van der Waals surface area contributed by atoms with E-state index >= 15 is 0 Å². The van der Waals surface area contributed by atoms with Gasteiger partial charge in [-0.1, -0.05) is 46.3 Å². The summed E-state index contributed by atoms with van der Waals surface area (Å²) in [5.41, 5.74) is 1.47. The van der Waals surface area contributed by atoms with Crippen LogP contribution in [0.5, 0.6) is 0 Å². The molecule has 4 rings (SSSR count). The molecule has 3 aromatic carbocycles. The van der Waals surface area contributed by atoms with Gasteiger partial charge in [-0.2, -0.15) is 0 Å². The van der Waals surface area contributed by atoms with Crippen molar-refractivity contribution in [3.05, 3.63) is 112 Å². The second-order valence-electron chi connectivity index (χ2n) is 7.35. The Hall–Kier alpha value is -3.80. The quantitative estimate of drug-likeness (QED) is 0.249. The van der Waals surface area contributed by atoms with Gasteiger partial charge < -0.3 is 10.6 Å². The number of carbonyl (C=O) groups excluding carboxylic acids is 2. The fraction of sp³-hybridized carbons (Fsp3) is 0. The Kier molecular flexibility index (Phi) is 7.93. The summed E-state index contributed by atoms with van der Waals surface area (Å²) in [6.07, 6.45) is 3.05. The van der Waals surface area contributed by atoms with Crippen LogP contribution in [0.1, 0.15) is 15.9 Å². The van der Waals surface area contributed by atoms with Gasteiger partial charge in [0.15, 0.2) is 5.13 Å². The lowest BCUT2D eigenvalue weighted by atomic mass is 10.1. The molecule has 1 aromatic heterocycles. The molecule has 0 saturated heterocycles. The summed E-state index contributed by atoms with van der Waals surface area (Å²) < 4.78 is 28.3. The minimum atomic E-state index is -3.82. The first kappa shape index (κ1) is 25.3. The van der Waals surface area contributed by atoms with Gasteiger partial charge in [0.05, 0.1) is 4.90 Å². The maximum absolute atomic E-state index is 13.1. The number of amides is 2. The van der Waals surface area contributed by atoms with Gasteiger partial charge in [-0.15, -0.1) is 11.3 Å². The van der Waals surface area contributed by atoms with Crippen LogP contribution < -0.4 is 15.4 Å². The van der Waals surface area contributed by atoms with Crippen LogP contribution in [0.15, 0.2) is 106 Å². The average Bonchev–Trinajstić information content (AvgIpc) is 3.38. The fourth-order valence-electron chi connectivity index (χ4n) is 3.03. The first-order chi connectivity index (χ1) is 17.3. The van der Waals surface area contributed by atoms with Gasteiger partial charge in [0, 0.05) is 27.3 Å². The average molecular weight is 583 g/mol. The molecule has 0 aliphatic rings. The van der Waals surface area contributed by atoms with Crippen molar-refractivity contribution in [2.75, 3.05) is 10.0 Å². The van der Waals surface area contributed by atoms with Crippen molar-refractivity contribution in [1.29, 1.82) is 0 Å². The molecule has 0 spiro atoms. The van der Waals surface area contributed by atoms with Crippen LogP contribution in [0, 0.1) is 0 Å². The highest BCUT2D eigenvalue weighted by atomic mass is 79.9. The molecule has 0 bridgehead atoms. The highest BCUT2D eigenvalue weighted by molar-refractivity contribution is 9.10. The number of halogens is 1. The first-order valence-corrected chi connectivity index (χ1v) is 13.6. The van der Waals surface area contributed by atoms with E-state index in [9.17, 15) is 18.0 Å². The van der Waals surface area contributed by atoms with E-state index in [-0.39, 0.29) is 15.7 Å². The van der Waals surface area contributed by atoms with Crippen LogP contribution >= 0.6 is 27.3 Å². The minimum Gasteiger partial charge on any atom is -0.321 e. The summed E-state index contributed by atoms with van der Waals surface area (Å²) >= 11 is 4.53. The number of rotatable bonds is 8. The smallest absolute Gasteiger partial charge is 0.272 e. The van der Waals surface area contributed by atoms with Crippen molar-refractivity contribution in [2.45, 2.75) is 4.90 Å². The van der Waals surface area contributed by atoms with E-state index in [2.05, 4.69) is 36.3 Å². The van der Waals surface area contributed by atoms with Crippen molar-refractivity contribution >= 4 is 66.0 Å². The highest BCUT2D eigenvalue weighted by Crippen LogP contribution is 2.20. The number of carbonyl (C=O) groups is 2. The molecule has 0 aliphatic heterocycles. The molecule has 0 saturated carbocycles. The van der Waals surface area contributed by atoms with Gasteiger partial charge in [-0.25, -0.2) is 13.4 Å². The van der Waals surface area contributed by atoms with Crippen molar-refractivity contribution in [3.8, 4) is 0 Å². The molecular weight excluding hydrogens is 564 g/mol. The van der Waals surface area contributed by atoms with E-state index < -0.39 is 21.8 Å². The molecule has 2 amide bonds. The first-order valence-electron chi connectivity index (χ1n) is 10.5. The van der Waals surface area contributed by atoms with Crippen LogP contribution in [0.3, 0.4) is 0 Å². The number of aromatic nitrogens is 1. The zero-order valence-electron chi connectivity index (χ0n) is 18.5. The molecule has 0 fully saturated rings. The summed E-state index contributed by atoms with van der Waals surface area (Å²) in [7, 11) is -3.82. The number of benzene rings is 3. The van der Waals surface area contributed by atoms with Crippen LogP contribution in [-0.2, 0) is 14.8 Å². The van der Waals surface area contributed by atoms with Crippen molar-refractivity contribution in [1.82, 2.24) is 10.3 Å². The van der Waals surface area contributed by atoms with Gasteiger partial charge in [0.25, 0.3) is 21.8 Å². The number of nitrogens with one attached hydrogen (secondary N) is 3. The number of hydrogen-bond donors (Lipinski definition) is 3. The fourth-order valence-corrected chi connectivity index (χ4v) is 5.08. The minimum absolute atomic E-state index is 0.0127. The number of hydrogen-bond acceptors (Lipinski definition) is 6. The Morgan fingerprint density at radius 2 is 1.61 bits per heavy atom. The summed E-state index contributed by atoms with van der Waals surface area (Å²) in [6.45, 7) is 0. The summed E-state index contributed by atoms with van der Waals surface area (Å²) in [5.74, 6) is -1.01. The van der Waals surface area contributed by atoms with Gasteiger partial charge in [-0.3, -0.25) is 14.3 Å². The van der Waals surface area contributed by atoms with Gasteiger partial charge in [-0.05, 0) is 60.2 Å². The second kappa shape index (κ2) is 11.3. The van der Waals surface area contributed by atoms with E-state index in [1.807, 2.05) is 12.1 Å². The van der Waals surface area contributed by atoms with E-state index in [4.69, 9.17) is 0 Å². The lowest BCUT2D eigenvalue weighted by Crippen LogP contribution is -2.30. The molecule has 11 heteroatoms. The van der Waals surface area contributed by atoms with Crippen LogP contribution in [0.2, 0.25) is 0 Å². The van der Waals surface area contributed by atoms with Crippen molar-refractivity contribution in [3.63, 3.8) is 0 Å². The third kappa shape index (κ3) is 6.66. The Balaban J connectivity index is 1.53. The zero-order valence-corrected chi connectivity index (χ0v) is 21.7. The molecule has 3 N–H and O–H groups in total. The topological polar surface area (TPSA) is 117 Å². The lowest BCUT2D eigenvalue weighted by molar-refractivity contribution is -0.113. The predicted octanol–water partition coefficient (Wildman–Crippen LogP) is 5.12. The Morgan fingerprint density at radius 1 is 0.917 bits per heavy atom. The van der Waals surface area contributed by atoms with E-state index in [0.29, 0.717) is 16.8 Å². The molecule has 1 heterocycles. The molecule has 36 heavy (non-hydrogen) atoms. The Labute approximate surface area is 220 Å². The molecule has 8 nitrogen and oxygen atoms in total. The SMILES string of the molecule is O=C(Nc1ccc(S(=O)(=O)Nc2nccs2)cc1)C(=Cc1ccc(Br)cc1)NC(=O)c1ccccc1. The summed E-state index contributed by atoms with van der Waals surface area (Å²) in [5, 5.41) is 7.27. The van der Waals surface area contributed by atoms with E-state index in [1.165, 1.54) is 30.5 Å². The number of thiazole rings is 1. The molecule has 4 aromatic rings. The van der Waals surface area contributed by atoms with Gasteiger partial charge >= 0.3 is 0 Å². The summed E-state index contributed by atoms with van der Waals surface area (Å²) in [6, 6.07) is 21.4. The Bertz CT molecular complexity index is 1490. The molecule has 0 unspecified atom stereocenters. The molecule has 0 radical (unpaired) electrons. The molecular formula is C25H19BrN4O4S2. The predicted molar refractivity (Wildman–Crippen MR) is 144 cm³/mol.